The van der Waals surface area contributed by atoms with Gasteiger partial charge in [0, 0.05) is 6.42 Å². The van der Waals surface area contributed by atoms with Crippen LogP contribution in [0, 0.1) is 11.8 Å². The molecule has 2 heteroatoms. The molecular weight excluding hydrogens is 194 g/mol. The number of rotatable bonds is 1. The molecule has 0 aromatic rings. The number of alkyl halides is 1. The smallest absolute Gasteiger partial charge is 0.121 e. The first-order valence-electron chi connectivity index (χ1n) is 5.81. The van der Waals surface area contributed by atoms with E-state index in [-0.39, 0.29) is 11.7 Å². The second-order valence-electron chi connectivity index (χ2n) is 4.91. The predicted molar refractivity (Wildman–Crippen MR) is 57.9 cm³/mol. The van der Waals surface area contributed by atoms with E-state index in [0.29, 0.717) is 18.8 Å². The zero-order valence-corrected chi connectivity index (χ0v) is 9.18. The minimum absolute atomic E-state index is 0.217. The summed E-state index contributed by atoms with van der Waals surface area (Å²) in [7, 11) is 0. The molecule has 3 unspecified atom stereocenters. The van der Waals surface area contributed by atoms with E-state index in [1.54, 1.807) is 0 Å². The molecule has 0 amide bonds. The lowest BCUT2D eigenvalue weighted by Gasteiger charge is -2.31. The van der Waals surface area contributed by atoms with Crippen LogP contribution in [0.15, 0.2) is 23.6 Å². The summed E-state index contributed by atoms with van der Waals surface area (Å²) in [6.45, 7) is 2.13. The summed E-state index contributed by atoms with van der Waals surface area (Å²) < 4.78 is 26.3. The van der Waals surface area contributed by atoms with Gasteiger partial charge in [-0.25, -0.2) is 8.78 Å². The Kier molecular flexibility index (Phi) is 3.22. The summed E-state index contributed by atoms with van der Waals surface area (Å²) in [6, 6.07) is 0. The molecule has 0 saturated heterocycles. The maximum absolute atomic E-state index is 13.2. The first kappa shape index (κ1) is 10.8. The van der Waals surface area contributed by atoms with Gasteiger partial charge in [0.15, 0.2) is 0 Å². The van der Waals surface area contributed by atoms with Crippen molar-refractivity contribution >= 4 is 0 Å². The van der Waals surface area contributed by atoms with Crippen LogP contribution in [0.5, 0.6) is 0 Å². The van der Waals surface area contributed by atoms with Gasteiger partial charge in [0.1, 0.15) is 6.17 Å². The standard InChI is InChI=1S/C13H18F2/c1-9-2-4-10(5-3-9)11-6-12(14)8-13(15)7-11/h2,8,10-12H,3-7H2,1H3. The highest BCUT2D eigenvalue weighted by Crippen LogP contribution is 2.38. The molecule has 0 radical (unpaired) electrons. The van der Waals surface area contributed by atoms with Gasteiger partial charge in [0.2, 0.25) is 0 Å². The Labute approximate surface area is 90.1 Å². The highest BCUT2D eigenvalue weighted by atomic mass is 19.1. The summed E-state index contributed by atoms with van der Waals surface area (Å²) in [5.74, 6) is 0.464. The van der Waals surface area contributed by atoms with Gasteiger partial charge < -0.3 is 0 Å². The normalized spacial score (nSPS) is 37.1. The summed E-state index contributed by atoms with van der Waals surface area (Å²) >= 11 is 0. The first-order chi connectivity index (χ1) is 7.15. The first-order valence-corrected chi connectivity index (χ1v) is 5.81. The number of hydrogen-bond donors (Lipinski definition) is 0. The van der Waals surface area contributed by atoms with Crippen LogP contribution in [0.25, 0.3) is 0 Å². The second kappa shape index (κ2) is 4.46. The maximum Gasteiger partial charge on any atom is 0.121 e. The lowest BCUT2D eigenvalue weighted by atomic mass is 9.75. The maximum atomic E-state index is 13.2. The largest absolute Gasteiger partial charge is 0.243 e. The molecule has 0 aliphatic heterocycles. The van der Waals surface area contributed by atoms with Gasteiger partial charge in [-0.3, -0.25) is 0 Å². The van der Waals surface area contributed by atoms with Crippen LogP contribution in [-0.4, -0.2) is 6.17 Å². The lowest BCUT2D eigenvalue weighted by Crippen LogP contribution is -2.23. The van der Waals surface area contributed by atoms with E-state index in [1.807, 2.05) is 0 Å². The zero-order valence-electron chi connectivity index (χ0n) is 9.18. The fraction of sp³-hybridized carbons (Fsp3) is 0.692. The van der Waals surface area contributed by atoms with Crippen molar-refractivity contribution in [3.63, 3.8) is 0 Å². The van der Waals surface area contributed by atoms with Crippen LogP contribution < -0.4 is 0 Å². The molecule has 0 aromatic heterocycles. The molecule has 0 heterocycles. The number of allylic oxidation sites excluding steroid dienone is 4. The van der Waals surface area contributed by atoms with Crippen molar-refractivity contribution in [2.45, 2.75) is 45.2 Å². The average Bonchev–Trinajstić information content (AvgIpc) is 2.17. The van der Waals surface area contributed by atoms with E-state index in [1.165, 1.54) is 5.57 Å². The highest BCUT2D eigenvalue weighted by Gasteiger charge is 2.29. The topological polar surface area (TPSA) is 0 Å². The second-order valence-corrected chi connectivity index (χ2v) is 4.91. The van der Waals surface area contributed by atoms with Gasteiger partial charge >= 0.3 is 0 Å². The molecule has 15 heavy (non-hydrogen) atoms. The van der Waals surface area contributed by atoms with Crippen molar-refractivity contribution in [2.75, 3.05) is 0 Å². The van der Waals surface area contributed by atoms with E-state index in [4.69, 9.17) is 0 Å². The molecule has 84 valence electrons. The summed E-state index contributed by atoms with van der Waals surface area (Å²) in [5.41, 5.74) is 1.43. The fourth-order valence-electron chi connectivity index (χ4n) is 2.73. The van der Waals surface area contributed by atoms with Crippen LogP contribution in [-0.2, 0) is 0 Å². The monoisotopic (exact) mass is 212 g/mol. The van der Waals surface area contributed by atoms with Crippen LogP contribution in [0.2, 0.25) is 0 Å². The molecule has 2 aliphatic carbocycles. The van der Waals surface area contributed by atoms with Gasteiger partial charge in [-0.2, -0.15) is 0 Å². The molecule has 0 aromatic carbocycles. The SMILES string of the molecule is CC1=CCC(C2CC(F)=CC(F)C2)CC1. The van der Waals surface area contributed by atoms with Crippen molar-refractivity contribution in [3.05, 3.63) is 23.6 Å². The molecule has 0 fully saturated rings. The van der Waals surface area contributed by atoms with Crippen molar-refractivity contribution in [3.8, 4) is 0 Å². The number of hydrogen-bond acceptors (Lipinski definition) is 0. The van der Waals surface area contributed by atoms with Gasteiger partial charge in [-0.1, -0.05) is 11.6 Å². The van der Waals surface area contributed by atoms with E-state index in [2.05, 4.69) is 13.0 Å². The Morgan fingerprint density at radius 1 is 1.33 bits per heavy atom. The molecule has 2 rings (SSSR count). The molecule has 0 saturated carbocycles. The van der Waals surface area contributed by atoms with Crippen LogP contribution in [0.4, 0.5) is 8.78 Å². The van der Waals surface area contributed by atoms with E-state index in [0.717, 1.165) is 25.3 Å². The van der Waals surface area contributed by atoms with E-state index in [9.17, 15) is 8.78 Å². The summed E-state index contributed by atoms with van der Waals surface area (Å²) in [6.07, 6.45) is 6.50. The van der Waals surface area contributed by atoms with Gasteiger partial charge in [0.25, 0.3) is 0 Å². The minimum Gasteiger partial charge on any atom is -0.243 e. The third-order valence-corrected chi connectivity index (χ3v) is 3.69. The quantitative estimate of drug-likeness (QED) is 0.567. The van der Waals surface area contributed by atoms with Gasteiger partial charge in [-0.15, -0.1) is 0 Å². The molecule has 2 aliphatic rings. The number of halogens is 2. The Bertz CT molecular complexity index is 291. The third kappa shape index (κ3) is 2.67. The van der Waals surface area contributed by atoms with Gasteiger partial charge in [-0.05, 0) is 50.5 Å². The Hall–Kier alpha value is -0.660. The summed E-state index contributed by atoms with van der Waals surface area (Å²) in [5, 5.41) is 0. The highest BCUT2D eigenvalue weighted by molar-refractivity contribution is 5.08. The predicted octanol–water partition coefficient (Wildman–Crippen LogP) is 4.33. The summed E-state index contributed by atoms with van der Waals surface area (Å²) in [4.78, 5) is 0. The molecular formula is C13H18F2. The minimum atomic E-state index is -1.06. The molecule has 0 N–H and O–H groups in total. The van der Waals surface area contributed by atoms with Crippen LogP contribution >= 0.6 is 0 Å². The fourth-order valence-corrected chi connectivity index (χ4v) is 2.73. The lowest BCUT2D eigenvalue weighted by molar-refractivity contribution is 0.204. The molecule has 0 bridgehead atoms. The molecule has 0 spiro atoms. The van der Waals surface area contributed by atoms with Gasteiger partial charge in [0.05, 0.1) is 5.83 Å². The Morgan fingerprint density at radius 3 is 2.73 bits per heavy atom. The third-order valence-electron chi connectivity index (χ3n) is 3.69. The van der Waals surface area contributed by atoms with Crippen molar-refractivity contribution in [1.82, 2.24) is 0 Å². The van der Waals surface area contributed by atoms with Crippen LogP contribution in [0.1, 0.15) is 39.0 Å². The average molecular weight is 212 g/mol. The van der Waals surface area contributed by atoms with Crippen molar-refractivity contribution in [1.29, 1.82) is 0 Å². The Morgan fingerprint density at radius 2 is 2.13 bits per heavy atom. The molecule has 3 atom stereocenters. The van der Waals surface area contributed by atoms with E-state index < -0.39 is 6.17 Å². The zero-order chi connectivity index (χ0) is 10.8. The van der Waals surface area contributed by atoms with Crippen LogP contribution in [0.3, 0.4) is 0 Å². The molecule has 0 nitrogen and oxygen atoms in total. The van der Waals surface area contributed by atoms with Crippen molar-refractivity contribution < 1.29 is 8.78 Å². The Balaban J connectivity index is 1.98. The van der Waals surface area contributed by atoms with Crippen molar-refractivity contribution in [2.24, 2.45) is 11.8 Å². The van der Waals surface area contributed by atoms with E-state index >= 15 is 0 Å².